The van der Waals surface area contributed by atoms with E-state index in [0.717, 1.165) is 35.5 Å². The second kappa shape index (κ2) is 5.48. The molecule has 0 atom stereocenters. The molecule has 1 aliphatic heterocycles. The Kier molecular flexibility index (Phi) is 3.65. The molecule has 0 radical (unpaired) electrons. The molecule has 1 aromatic carbocycles. The fourth-order valence-corrected chi connectivity index (χ4v) is 3.24. The fraction of sp³-hybridized carbons (Fsp3) is 0.316. The van der Waals surface area contributed by atoms with Gasteiger partial charge in [-0.05, 0) is 56.2 Å². The Bertz CT molecular complexity index is 721. The summed E-state index contributed by atoms with van der Waals surface area (Å²) in [6, 6.07) is 6.28. The van der Waals surface area contributed by atoms with Gasteiger partial charge in [0.1, 0.15) is 11.5 Å². The Hall–Kier alpha value is -2.29. The highest BCUT2D eigenvalue weighted by atomic mass is 16.5. The van der Waals surface area contributed by atoms with Crippen LogP contribution >= 0.6 is 0 Å². The van der Waals surface area contributed by atoms with Crippen LogP contribution in [0.3, 0.4) is 0 Å². The lowest BCUT2D eigenvalue weighted by atomic mass is 9.85. The maximum absolute atomic E-state index is 12.5. The number of ketones is 1. The average molecular weight is 295 g/mol. The number of carbonyl (C=O) groups is 1. The van der Waals surface area contributed by atoms with Gasteiger partial charge in [-0.25, -0.2) is 0 Å². The molecule has 0 aromatic heterocycles. The van der Waals surface area contributed by atoms with Crippen LogP contribution in [0.5, 0.6) is 0 Å². The summed E-state index contributed by atoms with van der Waals surface area (Å²) < 4.78 is 5.78. The van der Waals surface area contributed by atoms with Gasteiger partial charge in [-0.15, -0.1) is 0 Å². The van der Waals surface area contributed by atoms with Crippen LogP contribution in [0.15, 0.2) is 47.8 Å². The topological polar surface area (TPSA) is 29.5 Å². The van der Waals surface area contributed by atoms with Gasteiger partial charge in [-0.3, -0.25) is 4.79 Å². The highest BCUT2D eigenvalue weighted by Crippen LogP contribution is 2.39. The molecule has 0 amide bonds. The minimum atomic E-state index is 0.125. The number of hydrogen-bond acceptors (Lipinski definition) is 3. The maximum atomic E-state index is 12.5. The van der Waals surface area contributed by atoms with Gasteiger partial charge >= 0.3 is 0 Å². The quantitative estimate of drug-likeness (QED) is 0.848. The number of rotatable bonds is 3. The van der Waals surface area contributed by atoms with Crippen LogP contribution < -0.4 is 4.90 Å². The lowest BCUT2D eigenvalue weighted by molar-refractivity contribution is -0.114. The van der Waals surface area contributed by atoms with Crippen LogP contribution in [-0.4, -0.2) is 18.9 Å². The molecule has 22 heavy (non-hydrogen) atoms. The van der Waals surface area contributed by atoms with Crippen molar-refractivity contribution in [3.8, 4) is 0 Å². The highest BCUT2D eigenvalue weighted by Gasteiger charge is 2.30. The van der Waals surface area contributed by atoms with Gasteiger partial charge in [0.15, 0.2) is 5.78 Å². The molecule has 0 spiro atoms. The predicted molar refractivity (Wildman–Crippen MR) is 89.6 cm³/mol. The van der Waals surface area contributed by atoms with Gasteiger partial charge in [0.2, 0.25) is 0 Å². The van der Waals surface area contributed by atoms with E-state index in [4.69, 9.17) is 4.74 Å². The normalized spacial score (nSPS) is 16.8. The first-order chi connectivity index (χ1) is 10.5. The Morgan fingerprint density at radius 1 is 1.27 bits per heavy atom. The number of carbonyl (C=O) groups excluding carboxylic acids is 1. The molecular weight excluding hydrogens is 274 g/mol. The molecule has 0 saturated carbocycles. The molecule has 0 N–H and O–H groups in total. The Morgan fingerprint density at radius 3 is 2.68 bits per heavy atom. The summed E-state index contributed by atoms with van der Waals surface area (Å²) in [6.07, 6.45) is 2.26. The third-order valence-electron chi connectivity index (χ3n) is 4.32. The molecule has 2 aliphatic rings. The monoisotopic (exact) mass is 295 g/mol. The number of anilines is 1. The third kappa shape index (κ3) is 2.27. The molecule has 0 bridgehead atoms. The first-order valence-corrected chi connectivity index (χ1v) is 7.76. The summed E-state index contributed by atoms with van der Waals surface area (Å²) in [5, 5.41) is 0. The van der Waals surface area contributed by atoms with E-state index in [1.54, 1.807) is 0 Å². The van der Waals surface area contributed by atoms with Gasteiger partial charge in [-0.2, -0.15) is 0 Å². The number of ether oxygens (including phenoxy) is 1. The zero-order chi connectivity index (χ0) is 15.9. The number of hydrogen-bond donors (Lipinski definition) is 0. The van der Waals surface area contributed by atoms with Crippen molar-refractivity contribution in [3.63, 3.8) is 0 Å². The van der Waals surface area contributed by atoms with Crippen molar-refractivity contribution in [2.24, 2.45) is 0 Å². The molecule has 0 saturated heterocycles. The summed E-state index contributed by atoms with van der Waals surface area (Å²) in [5.74, 6) is 1.38. The lowest BCUT2D eigenvalue weighted by Crippen LogP contribution is -2.24. The molecule has 3 nitrogen and oxygen atoms in total. The first-order valence-electron chi connectivity index (χ1n) is 7.76. The summed E-state index contributed by atoms with van der Waals surface area (Å²) in [7, 11) is 0. The van der Waals surface area contributed by atoms with E-state index in [0.29, 0.717) is 23.5 Å². The molecule has 0 fully saturated rings. The van der Waals surface area contributed by atoms with Crippen molar-refractivity contribution in [1.29, 1.82) is 0 Å². The zero-order valence-corrected chi connectivity index (χ0v) is 13.4. The highest BCUT2D eigenvalue weighted by molar-refractivity contribution is 6.10. The summed E-state index contributed by atoms with van der Waals surface area (Å²) in [5.41, 5.74) is 4.85. The minimum absolute atomic E-state index is 0.125. The SMILES string of the molecule is C=C1C=C(C)C2=C(O1)c1ccc(N(CC)CC)cc1CC2=O. The Labute approximate surface area is 131 Å². The van der Waals surface area contributed by atoms with Crippen LogP contribution in [0, 0.1) is 0 Å². The fourth-order valence-electron chi connectivity index (χ4n) is 3.24. The Balaban J connectivity index is 2.11. The van der Waals surface area contributed by atoms with E-state index >= 15 is 0 Å². The van der Waals surface area contributed by atoms with Gasteiger partial charge < -0.3 is 9.64 Å². The van der Waals surface area contributed by atoms with Crippen LogP contribution in [0.4, 0.5) is 5.69 Å². The zero-order valence-electron chi connectivity index (χ0n) is 13.4. The van der Waals surface area contributed by atoms with Crippen molar-refractivity contribution >= 4 is 17.2 Å². The smallest absolute Gasteiger partial charge is 0.171 e. The number of benzene rings is 1. The third-order valence-corrected chi connectivity index (χ3v) is 4.32. The number of Topliss-reactive ketones (excluding diaryl/α,β-unsaturated/α-hetero) is 1. The molecule has 1 aromatic rings. The van der Waals surface area contributed by atoms with E-state index in [9.17, 15) is 4.79 Å². The van der Waals surface area contributed by atoms with Gasteiger partial charge in [0, 0.05) is 30.8 Å². The maximum Gasteiger partial charge on any atom is 0.171 e. The number of fused-ring (bicyclic) bond motifs is 2. The summed E-state index contributed by atoms with van der Waals surface area (Å²) in [6.45, 7) is 12.0. The molecule has 0 unspecified atom stereocenters. The predicted octanol–water partition coefficient (Wildman–Crippen LogP) is 3.86. The molecule has 3 rings (SSSR count). The van der Waals surface area contributed by atoms with Crippen LogP contribution in [0.1, 0.15) is 31.9 Å². The minimum Gasteiger partial charge on any atom is -0.457 e. The molecule has 3 heteroatoms. The van der Waals surface area contributed by atoms with Crippen molar-refractivity contribution in [3.05, 3.63) is 58.9 Å². The largest absolute Gasteiger partial charge is 0.457 e. The second-order valence-electron chi connectivity index (χ2n) is 5.71. The van der Waals surface area contributed by atoms with Gasteiger partial charge in [0.05, 0.1) is 5.57 Å². The lowest BCUT2D eigenvalue weighted by Gasteiger charge is -2.28. The molecular formula is C19H21NO2. The summed E-state index contributed by atoms with van der Waals surface area (Å²) in [4.78, 5) is 14.8. The van der Waals surface area contributed by atoms with E-state index in [2.05, 4.69) is 43.5 Å². The van der Waals surface area contributed by atoms with E-state index in [1.807, 2.05) is 13.0 Å². The van der Waals surface area contributed by atoms with E-state index < -0.39 is 0 Å². The molecule has 1 aliphatic carbocycles. The van der Waals surface area contributed by atoms with Crippen LogP contribution in [0.2, 0.25) is 0 Å². The summed E-state index contributed by atoms with van der Waals surface area (Å²) >= 11 is 0. The van der Waals surface area contributed by atoms with Crippen LogP contribution in [-0.2, 0) is 16.0 Å². The van der Waals surface area contributed by atoms with Crippen molar-refractivity contribution in [1.82, 2.24) is 0 Å². The first kappa shape index (κ1) is 14.6. The standard InChI is InChI=1S/C19H21NO2/c1-5-20(6-2)15-7-8-16-14(10-15)11-17(21)18-12(3)9-13(4)22-19(16)18/h7-10H,4-6,11H2,1-3H3. The Morgan fingerprint density at radius 2 is 2.00 bits per heavy atom. The van der Waals surface area contributed by atoms with Crippen molar-refractivity contribution in [2.45, 2.75) is 27.2 Å². The van der Waals surface area contributed by atoms with Crippen molar-refractivity contribution in [2.75, 3.05) is 18.0 Å². The number of nitrogens with zero attached hydrogens (tertiary/aromatic N) is 1. The van der Waals surface area contributed by atoms with Gasteiger partial charge in [0.25, 0.3) is 0 Å². The number of allylic oxidation sites excluding steroid dienone is 3. The average Bonchev–Trinajstić information content (AvgIpc) is 2.47. The molecule has 114 valence electrons. The van der Waals surface area contributed by atoms with E-state index in [-0.39, 0.29) is 5.78 Å². The van der Waals surface area contributed by atoms with Gasteiger partial charge in [-0.1, -0.05) is 6.58 Å². The van der Waals surface area contributed by atoms with Crippen molar-refractivity contribution < 1.29 is 9.53 Å². The van der Waals surface area contributed by atoms with E-state index in [1.165, 1.54) is 0 Å². The molecule has 1 heterocycles. The van der Waals surface area contributed by atoms with Crippen LogP contribution in [0.25, 0.3) is 5.76 Å². The second-order valence-corrected chi connectivity index (χ2v) is 5.71.